The lowest BCUT2D eigenvalue weighted by molar-refractivity contribution is 0.382. The van der Waals surface area contributed by atoms with Gasteiger partial charge in [0.15, 0.2) is 0 Å². The van der Waals surface area contributed by atoms with Gasteiger partial charge in [0.05, 0.1) is 0 Å². The van der Waals surface area contributed by atoms with Gasteiger partial charge in [-0.2, -0.15) is 0 Å². The lowest BCUT2D eigenvalue weighted by Crippen LogP contribution is -2.24. The summed E-state index contributed by atoms with van der Waals surface area (Å²) in [6.07, 6.45) is 2.49. The fourth-order valence-electron chi connectivity index (χ4n) is 2.28. The van der Waals surface area contributed by atoms with Gasteiger partial charge < -0.3 is 5.32 Å². The smallest absolute Gasteiger partial charge is 0.0354 e. The van der Waals surface area contributed by atoms with Gasteiger partial charge in [-0.05, 0) is 37.4 Å². The van der Waals surface area contributed by atoms with Crippen molar-refractivity contribution in [3.05, 3.63) is 33.8 Å². The maximum Gasteiger partial charge on any atom is 0.0354 e. The molecule has 0 aliphatic heterocycles. The molecule has 1 aromatic carbocycles. The zero-order valence-corrected chi connectivity index (χ0v) is 12.3. The zero-order valence-electron chi connectivity index (χ0n) is 10.7. The second-order valence-electron chi connectivity index (χ2n) is 4.51. The molecule has 1 nitrogen and oxygen atoms in total. The van der Waals surface area contributed by atoms with Gasteiger partial charge in [-0.15, -0.1) is 0 Å². The third kappa shape index (κ3) is 3.08. The largest absolute Gasteiger partial charge is 0.313 e. The number of hydrogen-bond acceptors (Lipinski definition) is 1. The standard InChI is InChI=1S/C14H22BrN/c1-5-7-11(3)14(16-4)12-9-6-8-10(2)13(12)15/h6,8-9,11,14,16H,5,7H2,1-4H3. The van der Waals surface area contributed by atoms with E-state index < -0.39 is 0 Å². The summed E-state index contributed by atoms with van der Waals surface area (Å²) in [6, 6.07) is 6.93. The molecule has 0 aromatic heterocycles. The SMILES string of the molecule is CCCC(C)C(NC)c1cccc(C)c1Br. The Kier molecular flexibility index (Phi) is 5.50. The van der Waals surface area contributed by atoms with Crippen molar-refractivity contribution in [3.63, 3.8) is 0 Å². The number of rotatable bonds is 5. The summed E-state index contributed by atoms with van der Waals surface area (Å²) in [6.45, 7) is 6.71. The molecule has 0 radical (unpaired) electrons. The number of nitrogens with one attached hydrogen (secondary N) is 1. The molecule has 0 saturated carbocycles. The van der Waals surface area contributed by atoms with Crippen LogP contribution < -0.4 is 5.32 Å². The number of benzene rings is 1. The summed E-state index contributed by atoms with van der Waals surface area (Å²) in [5, 5.41) is 3.44. The molecule has 2 atom stereocenters. The summed E-state index contributed by atoms with van der Waals surface area (Å²) < 4.78 is 1.25. The van der Waals surface area contributed by atoms with Gasteiger partial charge in [-0.1, -0.05) is 54.4 Å². The Morgan fingerprint density at radius 2 is 2.06 bits per heavy atom. The first-order valence-corrected chi connectivity index (χ1v) is 6.83. The molecule has 0 aliphatic rings. The molecule has 0 spiro atoms. The van der Waals surface area contributed by atoms with Crippen LogP contribution >= 0.6 is 15.9 Å². The van der Waals surface area contributed by atoms with Crippen molar-refractivity contribution >= 4 is 15.9 Å². The molecule has 0 fully saturated rings. The second kappa shape index (κ2) is 6.41. The minimum atomic E-state index is 0.439. The van der Waals surface area contributed by atoms with E-state index in [1.807, 2.05) is 7.05 Å². The van der Waals surface area contributed by atoms with Gasteiger partial charge in [-0.25, -0.2) is 0 Å². The van der Waals surface area contributed by atoms with E-state index in [1.54, 1.807) is 0 Å². The molecule has 2 unspecified atom stereocenters. The minimum absolute atomic E-state index is 0.439. The summed E-state index contributed by atoms with van der Waals surface area (Å²) >= 11 is 3.70. The number of aryl methyl sites for hydroxylation is 1. The summed E-state index contributed by atoms with van der Waals surface area (Å²) in [4.78, 5) is 0. The first-order chi connectivity index (χ1) is 7.61. The molecule has 90 valence electrons. The Balaban J connectivity index is 2.99. The molecule has 0 aliphatic carbocycles. The van der Waals surface area contributed by atoms with E-state index in [4.69, 9.17) is 0 Å². The quantitative estimate of drug-likeness (QED) is 0.842. The molecule has 1 rings (SSSR count). The highest BCUT2D eigenvalue weighted by Crippen LogP contribution is 2.32. The Morgan fingerprint density at radius 1 is 1.38 bits per heavy atom. The van der Waals surface area contributed by atoms with Crippen molar-refractivity contribution in [3.8, 4) is 0 Å². The van der Waals surface area contributed by atoms with E-state index >= 15 is 0 Å². The van der Waals surface area contributed by atoms with Crippen molar-refractivity contribution in [2.24, 2.45) is 5.92 Å². The van der Waals surface area contributed by atoms with Gasteiger partial charge in [0.25, 0.3) is 0 Å². The highest BCUT2D eigenvalue weighted by molar-refractivity contribution is 9.10. The predicted octanol–water partition coefficient (Wildman–Crippen LogP) is 4.45. The molecule has 0 saturated heterocycles. The van der Waals surface area contributed by atoms with Crippen LogP contribution in [-0.2, 0) is 0 Å². The van der Waals surface area contributed by atoms with Crippen LogP contribution in [0.5, 0.6) is 0 Å². The monoisotopic (exact) mass is 283 g/mol. The molecule has 0 heterocycles. The highest BCUT2D eigenvalue weighted by Gasteiger charge is 2.19. The zero-order chi connectivity index (χ0) is 12.1. The van der Waals surface area contributed by atoms with E-state index in [1.165, 1.54) is 28.4 Å². The van der Waals surface area contributed by atoms with E-state index in [2.05, 4.69) is 60.2 Å². The van der Waals surface area contributed by atoms with Crippen LogP contribution in [0, 0.1) is 12.8 Å². The normalized spacial score (nSPS) is 14.8. The maximum absolute atomic E-state index is 3.70. The average molecular weight is 284 g/mol. The summed E-state index contributed by atoms with van der Waals surface area (Å²) in [5.74, 6) is 0.660. The number of hydrogen-bond donors (Lipinski definition) is 1. The summed E-state index contributed by atoms with van der Waals surface area (Å²) in [5.41, 5.74) is 2.69. The van der Waals surface area contributed by atoms with Crippen molar-refractivity contribution in [2.45, 2.75) is 39.7 Å². The van der Waals surface area contributed by atoms with Crippen molar-refractivity contribution in [1.82, 2.24) is 5.32 Å². The van der Waals surface area contributed by atoms with Gasteiger partial charge in [0.1, 0.15) is 0 Å². The van der Waals surface area contributed by atoms with Crippen molar-refractivity contribution in [2.75, 3.05) is 7.05 Å². The first-order valence-electron chi connectivity index (χ1n) is 6.04. The van der Waals surface area contributed by atoms with Gasteiger partial charge in [0, 0.05) is 10.5 Å². The second-order valence-corrected chi connectivity index (χ2v) is 5.30. The molecular formula is C14H22BrN. The fraction of sp³-hybridized carbons (Fsp3) is 0.571. The van der Waals surface area contributed by atoms with E-state index in [9.17, 15) is 0 Å². The van der Waals surface area contributed by atoms with E-state index in [0.717, 1.165) is 0 Å². The minimum Gasteiger partial charge on any atom is -0.313 e. The topological polar surface area (TPSA) is 12.0 Å². The van der Waals surface area contributed by atoms with Gasteiger partial charge in [-0.3, -0.25) is 0 Å². The Bertz CT molecular complexity index is 336. The first kappa shape index (κ1) is 13.7. The highest BCUT2D eigenvalue weighted by atomic mass is 79.9. The Hall–Kier alpha value is -0.340. The molecule has 0 amide bonds. The third-order valence-electron chi connectivity index (χ3n) is 3.18. The lowest BCUT2D eigenvalue weighted by Gasteiger charge is -2.25. The van der Waals surface area contributed by atoms with Crippen LogP contribution in [0.2, 0.25) is 0 Å². The molecule has 1 aromatic rings. The average Bonchev–Trinajstić information content (AvgIpc) is 2.25. The molecule has 2 heteroatoms. The number of halogens is 1. The Morgan fingerprint density at radius 3 is 2.62 bits per heavy atom. The van der Waals surface area contributed by atoms with Crippen LogP contribution in [0.25, 0.3) is 0 Å². The molecule has 0 bridgehead atoms. The van der Waals surface area contributed by atoms with Crippen LogP contribution in [0.15, 0.2) is 22.7 Å². The molecule has 16 heavy (non-hydrogen) atoms. The Labute approximate surface area is 108 Å². The predicted molar refractivity (Wildman–Crippen MR) is 74.8 cm³/mol. The van der Waals surface area contributed by atoms with E-state index in [0.29, 0.717) is 12.0 Å². The van der Waals surface area contributed by atoms with Crippen molar-refractivity contribution in [1.29, 1.82) is 0 Å². The van der Waals surface area contributed by atoms with Crippen LogP contribution in [0.4, 0.5) is 0 Å². The van der Waals surface area contributed by atoms with Crippen LogP contribution in [0.1, 0.15) is 43.9 Å². The van der Waals surface area contributed by atoms with E-state index in [-0.39, 0.29) is 0 Å². The molecular weight excluding hydrogens is 262 g/mol. The van der Waals surface area contributed by atoms with Gasteiger partial charge >= 0.3 is 0 Å². The van der Waals surface area contributed by atoms with Crippen LogP contribution in [0.3, 0.4) is 0 Å². The fourth-order valence-corrected chi connectivity index (χ4v) is 2.79. The van der Waals surface area contributed by atoms with Crippen molar-refractivity contribution < 1.29 is 0 Å². The molecule has 1 N–H and O–H groups in total. The third-order valence-corrected chi connectivity index (χ3v) is 4.26. The van der Waals surface area contributed by atoms with Crippen LogP contribution in [-0.4, -0.2) is 7.05 Å². The van der Waals surface area contributed by atoms with Gasteiger partial charge in [0.2, 0.25) is 0 Å². The lowest BCUT2D eigenvalue weighted by atomic mass is 9.90. The maximum atomic E-state index is 3.70. The summed E-state index contributed by atoms with van der Waals surface area (Å²) in [7, 11) is 2.05.